The van der Waals surface area contributed by atoms with Crippen LogP contribution >= 0.6 is 11.3 Å². The zero-order valence-corrected chi connectivity index (χ0v) is 29.1. The quantitative estimate of drug-likeness (QED) is 0.191. The van der Waals surface area contributed by atoms with E-state index >= 15 is 0 Å². The Morgan fingerprint density at radius 1 is 1.02 bits per heavy atom. The molecular weight excluding hydrogens is 694 g/mol. The van der Waals surface area contributed by atoms with Gasteiger partial charge >= 0.3 is 12.2 Å². The molecule has 1 fully saturated rings. The van der Waals surface area contributed by atoms with Crippen LogP contribution in [0.4, 0.5) is 23.1 Å². The van der Waals surface area contributed by atoms with Gasteiger partial charge in [-0.3, -0.25) is 15.1 Å². The second-order valence-electron chi connectivity index (χ2n) is 12.4. The number of halogens is 3. The number of nitrogens with zero attached hydrogens (tertiary/aromatic N) is 8. The molecule has 6 rings (SSSR count). The van der Waals surface area contributed by atoms with Crippen LogP contribution in [0.5, 0.6) is 0 Å². The van der Waals surface area contributed by atoms with Gasteiger partial charge in [-0.05, 0) is 86.7 Å². The predicted molar refractivity (Wildman–Crippen MR) is 187 cm³/mol. The molecule has 0 bridgehead atoms. The Hall–Kier alpha value is -6.13. The second kappa shape index (κ2) is 15.4. The first kappa shape index (κ1) is 37.1. The van der Waals surface area contributed by atoms with Crippen molar-refractivity contribution in [1.82, 2.24) is 29.6 Å². The first-order chi connectivity index (χ1) is 24.7. The number of carbonyl (C=O) groups excluding carboxylic acids is 2. The molecule has 0 radical (unpaired) electrons. The Kier molecular flexibility index (Phi) is 11.0. The number of alkyl halides is 3. The fraction of sp³-hybridized carbons (Fsp3) is 0.278. The number of nitrogens with two attached hydrogens (primary N) is 1. The summed E-state index contributed by atoms with van der Waals surface area (Å²) in [5.41, 5.74) is 7.43. The predicted octanol–water partition coefficient (Wildman–Crippen LogP) is 6.49. The molecule has 1 aliphatic rings. The summed E-state index contributed by atoms with van der Waals surface area (Å²) in [7, 11) is 0. The Morgan fingerprint density at radius 3 is 2.15 bits per heavy atom. The number of benzene rings is 2. The number of nitriles is 2. The molecule has 266 valence electrons. The van der Waals surface area contributed by atoms with Gasteiger partial charge in [-0.25, -0.2) is 19.4 Å². The van der Waals surface area contributed by atoms with E-state index in [1.165, 1.54) is 23.5 Å². The number of hydrogen-bond acceptors (Lipinski definition) is 9. The Bertz CT molecular complexity index is 2060. The molecule has 3 aromatic heterocycles. The number of hydrogen-bond donors (Lipinski definition) is 2. The number of likely N-dealkylation sites (tertiary alicyclic amines) is 1. The molecule has 52 heavy (non-hydrogen) atoms. The fourth-order valence-corrected chi connectivity index (χ4v) is 6.53. The van der Waals surface area contributed by atoms with Crippen LogP contribution in [-0.2, 0) is 10.2 Å². The topological polar surface area (TPSA) is 180 Å². The molecule has 0 aliphatic carbocycles. The lowest BCUT2D eigenvalue weighted by Gasteiger charge is -2.27. The summed E-state index contributed by atoms with van der Waals surface area (Å²) in [6, 6.07) is 20.7. The Balaban J connectivity index is 0.000000210. The van der Waals surface area contributed by atoms with Crippen LogP contribution in [0.2, 0.25) is 0 Å². The second-order valence-corrected chi connectivity index (χ2v) is 13.4. The third-order valence-corrected chi connectivity index (χ3v) is 9.76. The zero-order chi connectivity index (χ0) is 37.6. The fourth-order valence-electron chi connectivity index (χ4n) is 5.57. The van der Waals surface area contributed by atoms with Gasteiger partial charge in [0.05, 0.1) is 39.5 Å². The van der Waals surface area contributed by atoms with E-state index in [-0.39, 0.29) is 16.9 Å². The van der Waals surface area contributed by atoms with Gasteiger partial charge in [-0.15, -0.1) is 0 Å². The number of nitrogens with one attached hydrogen (secondary N) is 1. The number of thiazole rings is 1. The molecule has 1 saturated heterocycles. The van der Waals surface area contributed by atoms with E-state index in [0.29, 0.717) is 46.6 Å². The summed E-state index contributed by atoms with van der Waals surface area (Å²) in [5.74, 6) is -0.560. The van der Waals surface area contributed by atoms with E-state index in [4.69, 9.17) is 16.3 Å². The highest BCUT2D eigenvalue weighted by atomic mass is 32.1. The van der Waals surface area contributed by atoms with E-state index in [9.17, 15) is 22.8 Å². The van der Waals surface area contributed by atoms with Crippen molar-refractivity contribution >= 4 is 28.4 Å². The summed E-state index contributed by atoms with van der Waals surface area (Å²) in [6.45, 7) is 4.28. The molecule has 5 aromatic rings. The third kappa shape index (κ3) is 8.08. The molecule has 0 unspecified atom stereocenters. The molecule has 0 saturated carbocycles. The lowest BCUT2D eigenvalue weighted by atomic mass is 9.87. The molecule has 1 atom stereocenters. The van der Waals surface area contributed by atoms with Crippen LogP contribution in [0.1, 0.15) is 66.4 Å². The summed E-state index contributed by atoms with van der Waals surface area (Å²) in [6.07, 6.45) is 1.21. The number of pyridine rings is 1. The molecule has 3 N–H and O–H groups in total. The summed E-state index contributed by atoms with van der Waals surface area (Å²) in [5, 5.41) is 25.0. The van der Waals surface area contributed by atoms with Crippen molar-refractivity contribution in [2.24, 2.45) is 5.73 Å². The van der Waals surface area contributed by atoms with Crippen LogP contribution in [0.25, 0.3) is 10.4 Å². The van der Waals surface area contributed by atoms with Crippen molar-refractivity contribution in [3.8, 4) is 22.6 Å². The number of primary amides is 1. The number of aryl methyl sites for hydroxylation is 1. The third-order valence-electron chi connectivity index (χ3n) is 8.64. The molecule has 0 spiro atoms. The SMILES string of the molecule is Cc1nc(NC(=O)N2CCC[C@H]2C(N)=O)sc1-c1ccnc(C(C)(C)C(F)(F)F)c1.N#Cc1ccc(C(c2ccc(C#N)cc2)n2cncn2)cc1. The summed E-state index contributed by atoms with van der Waals surface area (Å²) >= 11 is 1.14. The van der Waals surface area contributed by atoms with Crippen molar-refractivity contribution in [2.75, 3.05) is 11.9 Å². The largest absolute Gasteiger partial charge is 0.399 e. The van der Waals surface area contributed by atoms with Crippen molar-refractivity contribution in [3.05, 3.63) is 113 Å². The minimum atomic E-state index is -4.45. The Morgan fingerprint density at radius 2 is 1.63 bits per heavy atom. The average molecular weight is 727 g/mol. The van der Waals surface area contributed by atoms with Gasteiger partial charge in [-0.1, -0.05) is 35.6 Å². The number of urea groups is 1. The van der Waals surface area contributed by atoms with Gasteiger partial charge in [0.2, 0.25) is 5.91 Å². The standard InChI is InChI=1S/C19H22F3N5O2S.C17H11N5/c1-10-14(11-6-7-24-13(9-11)18(2,3)19(20,21)22)30-16(25-10)26-17(29)27-8-4-5-12(27)15(23)28;18-9-13-1-5-15(6-2-13)17(22-12-20-11-21-22)16-7-3-14(10-19)4-8-16/h6-7,9,12H,4-5,8H2,1-3H3,(H2,23,28)(H,25,26,29);1-8,11-12,17H/t12-;/m0./s1. The van der Waals surface area contributed by atoms with Gasteiger partial charge in [0.1, 0.15) is 30.2 Å². The van der Waals surface area contributed by atoms with Gasteiger partial charge in [0.15, 0.2) is 5.13 Å². The first-order valence-corrected chi connectivity index (χ1v) is 16.8. The smallest absolute Gasteiger partial charge is 0.368 e. The highest BCUT2D eigenvalue weighted by molar-refractivity contribution is 7.19. The Labute approximate surface area is 301 Å². The maximum atomic E-state index is 13.4. The van der Waals surface area contributed by atoms with Crippen molar-refractivity contribution < 1.29 is 22.8 Å². The lowest BCUT2D eigenvalue weighted by Crippen LogP contribution is -2.45. The highest BCUT2D eigenvalue weighted by Crippen LogP contribution is 2.41. The average Bonchev–Trinajstić information content (AvgIpc) is 3.91. The summed E-state index contributed by atoms with van der Waals surface area (Å²) in [4.78, 5) is 38.2. The molecule has 16 heteroatoms. The number of rotatable bonds is 7. The molecule has 3 amide bonds. The van der Waals surface area contributed by atoms with Crippen molar-refractivity contribution in [1.29, 1.82) is 10.5 Å². The van der Waals surface area contributed by atoms with Crippen LogP contribution in [0.3, 0.4) is 0 Å². The highest BCUT2D eigenvalue weighted by Gasteiger charge is 2.49. The molecular formula is C36H33F3N10O2S. The van der Waals surface area contributed by atoms with Gasteiger partial charge in [-0.2, -0.15) is 28.8 Å². The normalized spacial score (nSPS) is 14.2. The number of anilines is 1. The van der Waals surface area contributed by atoms with Crippen molar-refractivity contribution in [3.63, 3.8) is 0 Å². The molecule has 2 aromatic carbocycles. The van der Waals surface area contributed by atoms with E-state index in [1.807, 2.05) is 24.3 Å². The molecule has 4 heterocycles. The molecule has 12 nitrogen and oxygen atoms in total. The van der Waals surface area contributed by atoms with Crippen LogP contribution < -0.4 is 11.1 Å². The van der Waals surface area contributed by atoms with E-state index in [2.05, 4.69) is 37.5 Å². The number of aromatic nitrogens is 5. The van der Waals surface area contributed by atoms with Gasteiger partial charge < -0.3 is 10.6 Å². The number of carbonyl (C=O) groups is 2. The summed E-state index contributed by atoms with van der Waals surface area (Å²) < 4.78 is 41.9. The maximum absolute atomic E-state index is 13.4. The van der Waals surface area contributed by atoms with Gasteiger partial charge in [0, 0.05) is 12.7 Å². The van der Waals surface area contributed by atoms with Crippen LogP contribution in [0.15, 0.2) is 79.5 Å². The minimum Gasteiger partial charge on any atom is -0.368 e. The van der Waals surface area contributed by atoms with Crippen LogP contribution in [-0.4, -0.2) is 60.3 Å². The van der Waals surface area contributed by atoms with Gasteiger partial charge in [0.25, 0.3) is 0 Å². The van der Waals surface area contributed by atoms with E-state index in [1.54, 1.807) is 48.3 Å². The maximum Gasteiger partial charge on any atom is 0.399 e. The van der Waals surface area contributed by atoms with Crippen molar-refractivity contribution in [2.45, 2.75) is 57.3 Å². The molecule has 1 aliphatic heterocycles. The van der Waals surface area contributed by atoms with Crippen LogP contribution in [0, 0.1) is 29.6 Å². The van der Waals surface area contributed by atoms with E-state index < -0.39 is 29.6 Å². The van der Waals surface area contributed by atoms with E-state index in [0.717, 1.165) is 36.3 Å². The first-order valence-electron chi connectivity index (χ1n) is 16.0. The monoisotopic (exact) mass is 726 g/mol. The lowest BCUT2D eigenvalue weighted by molar-refractivity contribution is -0.181. The number of amides is 3. The zero-order valence-electron chi connectivity index (χ0n) is 28.3. The minimum absolute atomic E-state index is 0.104.